The largest absolute Gasteiger partial charge is 0.480 e. The summed E-state index contributed by atoms with van der Waals surface area (Å²) in [5.41, 5.74) is 11.9. The lowest BCUT2D eigenvalue weighted by Crippen LogP contribution is -2.41. The number of hydrogen-bond acceptors (Lipinski definition) is 5. The van der Waals surface area contributed by atoms with Crippen molar-refractivity contribution < 1.29 is 20.9 Å². The molecule has 0 heterocycles. The van der Waals surface area contributed by atoms with Gasteiger partial charge in [-0.1, -0.05) is 0 Å². The number of primary amides is 1. The molecule has 0 aromatic heterocycles. The van der Waals surface area contributed by atoms with Crippen LogP contribution >= 0.6 is 0 Å². The minimum atomic E-state index is -1.32. The number of carbonyl (C=O) groups is 3. The second kappa shape index (κ2) is 5.30. The minimum absolute atomic E-state index is 0.356. The zero-order chi connectivity index (χ0) is 12.0. The van der Waals surface area contributed by atoms with Gasteiger partial charge < -0.3 is 22.3 Å². The molecule has 1 unspecified atom stereocenters. The molecule has 1 amide bonds. The first-order valence-electron chi connectivity index (χ1n) is 4.35. The Bertz CT molecular complexity index is 271. The zero-order valence-corrected chi connectivity index (χ0v) is 7.40. The standard InChI is InChI=1S/C7H13N3O4/c8-2-5(11)3(6(10)12)1-4(9)7(13)14/h3-4H,1-2,8-9H2,(H2,10,12)(H,13,14)/t3?,4-/m0/s1/i/hD. The van der Waals surface area contributed by atoms with Crippen molar-refractivity contribution in [3.8, 4) is 0 Å². The van der Waals surface area contributed by atoms with Crippen LogP contribution in [0.5, 0.6) is 0 Å². The molecule has 7 N–H and O–H groups in total. The Morgan fingerprint density at radius 3 is 2.36 bits per heavy atom. The highest BCUT2D eigenvalue weighted by molar-refractivity contribution is 6.01. The molecule has 0 aliphatic rings. The Morgan fingerprint density at radius 1 is 1.43 bits per heavy atom. The molecule has 0 saturated carbocycles. The Hall–Kier alpha value is -1.47. The van der Waals surface area contributed by atoms with Crippen LogP contribution in [0.1, 0.15) is 6.42 Å². The van der Waals surface area contributed by atoms with Gasteiger partial charge in [0.15, 0.2) is 5.78 Å². The smallest absolute Gasteiger partial charge is 0.320 e. The Labute approximate surface area is 81.7 Å². The van der Waals surface area contributed by atoms with Crippen molar-refractivity contribution in [2.75, 3.05) is 6.54 Å². The van der Waals surface area contributed by atoms with E-state index in [1.165, 1.54) is 0 Å². The van der Waals surface area contributed by atoms with E-state index in [0.29, 0.717) is 0 Å². The molecule has 0 saturated heterocycles. The fraction of sp³-hybridized carbons (Fsp3) is 0.571. The quantitative estimate of drug-likeness (QED) is 0.334. The fourth-order valence-electron chi connectivity index (χ4n) is 0.884. The highest BCUT2D eigenvalue weighted by Crippen LogP contribution is 2.06. The monoisotopic (exact) mass is 204 g/mol. The average Bonchev–Trinajstić information content (AvgIpc) is 2.13. The minimum Gasteiger partial charge on any atom is -0.480 e. The van der Waals surface area contributed by atoms with E-state index in [4.69, 9.17) is 18.0 Å². The van der Waals surface area contributed by atoms with Crippen LogP contribution in [0.4, 0.5) is 0 Å². The van der Waals surface area contributed by atoms with Crippen LogP contribution in [0, 0.1) is 5.92 Å². The van der Waals surface area contributed by atoms with Crippen molar-refractivity contribution >= 4 is 17.7 Å². The summed E-state index contributed by atoms with van der Waals surface area (Å²) in [7, 11) is 0. The summed E-state index contributed by atoms with van der Waals surface area (Å²) in [6.45, 7) is -0.375. The van der Waals surface area contributed by atoms with Gasteiger partial charge in [-0.25, -0.2) is 0 Å². The molecule has 7 nitrogen and oxygen atoms in total. The number of ketones is 1. The van der Waals surface area contributed by atoms with Crippen molar-refractivity contribution in [2.45, 2.75) is 12.5 Å². The van der Waals surface area contributed by atoms with E-state index in [1.807, 2.05) is 5.73 Å². The molecule has 2 atom stereocenters. The van der Waals surface area contributed by atoms with E-state index in [1.54, 1.807) is 0 Å². The summed E-state index contributed by atoms with van der Waals surface area (Å²) < 4.78 is 6.56. The molecule has 0 bridgehead atoms. The summed E-state index contributed by atoms with van der Waals surface area (Å²) in [6, 6.07) is -1.32. The number of Topliss-reactive ketones (excluding diaryl/α,β-unsaturated/α-hetero) is 1. The maximum Gasteiger partial charge on any atom is 0.320 e. The third-order valence-electron chi connectivity index (χ3n) is 1.71. The first-order valence-corrected chi connectivity index (χ1v) is 3.85. The number of amides is 1. The van der Waals surface area contributed by atoms with Gasteiger partial charge in [0.05, 0.1) is 12.5 Å². The first-order chi connectivity index (χ1) is 6.90. The van der Waals surface area contributed by atoms with E-state index in [0.717, 1.165) is 0 Å². The number of carbonyl (C=O) groups excluding carboxylic acids is 2. The Balaban J connectivity index is 4.47. The lowest BCUT2D eigenvalue weighted by atomic mass is 9.95. The molecular weight excluding hydrogens is 190 g/mol. The van der Waals surface area contributed by atoms with E-state index in [-0.39, 0.29) is 13.0 Å². The lowest BCUT2D eigenvalue weighted by molar-refractivity contribution is -0.139. The van der Waals surface area contributed by atoms with Crippen LogP contribution in [0.15, 0.2) is 0 Å². The number of rotatable bonds is 7. The third-order valence-corrected chi connectivity index (χ3v) is 1.71. The fourth-order valence-corrected chi connectivity index (χ4v) is 0.884. The molecule has 14 heavy (non-hydrogen) atoms. The first kappa shape index (κ1) is 10.6. The van der Waals surface area contributed by atoms with E-state index < -0.39 is 29.6 Å². The van der Waals surface area contributed by atoms with Crippen LogP contribution < -0.4 is 17.2 Å². The molecule has 0 aliphatic heterocycles. The summed E-state index contributed by atoms with van der Waals surface area (Å²) in [5.74, 6) is -4.16. The SMILES string of the molecule is [2H]NCC(=O)C(C[C@H](N)C(=O)O)C(N)=O. The molecule has 0 rings (SSSR count). The predicted octanol–water partition coefficient (Wildman–Crippen LogP) is -2.58. The summed E-state index contributed by atoms with van der Waals surface area (Å²) in [4.78, 5) is 32.4. The second-order valence-electron chi connectivity index (χ2n) is 2.78. The second-order valence-corrected chi connectivity index (χ2v) is 2.78. The average molecular weight is 204 g/mol. The van der Waals surface area contributed by atoms with Gasteiger partial charge in [0.1, 0.15) is 7.45 Å². The molecule has 0 fully saturated rings. The number of carboxylic acids is 1. The van der Waals surface area contributed by atoms with Gasteiger partial charge in [-0.3, -0.25) is 14.4 Å². The molecule has 0 aromatic carbocycles. The van der Waals surface area contributed by atoms with Crippen LogP contribution in [-0.4, -0.2) is 35.4 Å². The van der Waals surface area contributed by atoms with Crippen molar-refractivity contribution in [3.63, 3.8) is 0 Å². The molecule has 0 aromatic rings. The third kappa shape index (κ3) is 3.50. The zero-order valence-electron chi connectivity index (χ0n) is 8.40. The van der Waals surface area contributed by atoms with Gasteiger partial charge in [0.25, 0.3) is 0 Å². The number of aliphatic carboxylic acids is 1. The van der Waals surface area contributed by atoms with Crippen LogP contribution in [0.3, 0.4) is 0 Å². The van der Waals surface area contributed by atoms with Crippen LogP contribution in [-0.2, 0) is 14.4 Å². The maximum atomic E-state index is 11.2. The van der Waals surface area contributed by atoms with Gasteiger partial charge >= 0.3 is 5.97 Å². The molecule has 0 aliphatic carbocycles. The molecule has 0 spiro atoms. The van der Waals surface area contributed by atoms with Crippen LogP contribution in [0.2, 0.25) is 1.41 Å². The van der Waals surface area contributed by atoms with Gasteiger partial charge in [-0.05, 0) is 6.42 Å². The molecule has 0 radical (unpaired) electrons. The predicted molar refractivity (Wildman–Crippen MR) is 47.0 cm³/mol. The van der Waals surface area contributed by atoms with Gasteiger partial charge in [-0.2, -0.15) is 0 Å². The topological polar surface area (TPSA) is 150 Å². The number of nitrogens with two attached hydrogens (primary N) is 3. The molecule has 7 heteroatoms. The van der Waals surface area contributed by atoms with Crippen LogP contribution in [0.25, 0.3) is 0 Å². The summed E-state index contributed by atoms with van der Waals surface area (Å²) in [5, 5.41) is 8.48. The number of carboxylic acid groups (broad SMARTS) is 1. The van der Waals surface area contributed by atoms with Gasteiger partial charge in [-0.15, -0.1) is 0 Å². The summed E-state index contributed by atoms with van der Waals surface area (Å²) in [6.07, 6.45) is -0.356. The summed E-state index contributed by atoms with van der Waals surface area (Å²) >= 11 is 0. The maximum absolute atomic E-state index is 11.2. The van der Waals surface area contributed by atoms with Crippen molar-refractivity contribution in [3.05, 3.63) is 0 Å². The highest BCUT2D eigenvalue weighted by atomic mass is 16.4. The van der Waals surface area contributed by atoms with E-state index >= 15 is 0 Å². The van der Waals surface area contributed by atoms with Crippen molar-refractivity contribution in [2.24, 2.45) is 23.1 Å². The Morgan fingerprint density at radius 2 is 2.00 bits per heavy atom. The molecular formula is C7H13N3O4. The molecule has 80 valence electrons. The van der Waals surface area contributed by atoms with E-state index in [9.17, 15) is 14.4 Å². The lowest BCUT2D eigenvalue weighted by Gasteiger charge is -2.13. The highest BCUT2D eigenvalue weighted by Gasteiger charge is 2.27. The van der Waals surface area contributed by atoms with Crippen molar-refractivity contribution in [1.29, 1.82) is 0 Å². The van der Waals surface area contributed by atoms with Gasteiger partial charge in [0.2, 0.25) is 5.91 Å². The van der Waals surface area contributed by atoms with E-state index in [2.05, 4.69) is 0 Å². The normalized spacial score (nSPS) is 15.4. The number of hydrogen-bond donors (Lipinski definition) is 4. The van der Waals surface area contributed by atoms with Gasteiger partial charge in [0, 0.05) is 0 Å². The Kier molecular flexibility index (Phi) is 4.02. The van der Waals surface area contributed by atoms with Crippen molar-refractivity contribution in [1.82, 2.24) is 0 Å².